The quantitative estimate of drug-likeness (QED) is 0.775. The molecule has 0 aliphatic rings. The number of nitrogens with two attached hydrogens (primary N) is 1. The van der Waals surface area contributed by atoms with Gasteiger partial charge in [0.15, 0.2) is 5.78 Å². The fourth-order valence-electron chi connectivity index (χ4n) is 1.57. The van der Waals surface area contributed by atoms with Crippen molar-refractivity contribution < 1.29 is 9.53 Å². The third kappa shape index (κ3) is 3.07. The van der Waals surface area contributed by atoms with Crippen LogP contribution < -0.4 is 10.5 Å². The molecule has 0 heterocycles. The number of hydrogen-bond donors (Lipinski definition) is 1. The minimum absolute atomic E-state index is 0.142. The topological polar surface area (TPSA) is 52.3 Å². The van der Waals surface area contributed by atoms with Crippen LogP contribution in [0.4, 0.5) is 0 Å². The van der Waals surface area contributed by atoms with Gasteiger partial charge in [-0.05, 0) is 43.1 Å². The van der Waals surface area contributed by atoms with Crippen LogP contribution in [0.2, 0.25) is 0 Å². The molecule has 0 radical (unpaired) electrons. The average Bonchev–Trinajstić information content (AvgIpc) is 2.28. The summed E-state index contributed by atoms with van der Waals surface area (Å²) in [5, 5.41) is 0. The zero-order valence-electron chi connectivity index (χ0n) is 10.1. The van der Waals surface area contributed by atoms with Crippen LogP contribution in [0, 0.1) is 12.8 Å². The molecule has 1 atom stereocenters. The smallest absolute Gasteiger partial charge is 0.163 e. The lowest BCUT2D eigenvalue weighted by Crippen LogP contribution is -2.15. The van der Waals surface area contributed by atoms with E-state index in [1.807, 2.05) is 26.0 Å². The van der Waals surface area contributed by atoms with E-state index in [1.54, 1.807) is 13.2 Å². The molecular formula is C13H19NO2. The summed E-state index contributed by atoms with van der Waals surface area (Å²) in [7, 11) is 1.63. The van der Waals surface area contributed by atoms with Crippen LogP contribution in [0.3, 0.4) is 0 Å². The number of carbonyl (C=O) groups is 1. The van der Waals surface area contributed by atoms with Gasteiger partial charge in [0.2, 0.25) is 0 Å². The Hall–Kier alpha value is -1.35. The van der Waals surface area contributed by atoms with E-state index in [9.17, 15) is 4.79 Å². The molecule has 0 spiro atoms. The van der Waals surface area contributed by atoms with Crippen molar-refractivity contribution in [2.45, 2.75) is 20.3 Å². The molecule has 1 unspecified atom stereocenters. The first kappa shape index (κ1) is 12.7. The first-order valence-corrected chi connectivity index (χ1v) is 5.46. The minimum Gasteiger partial charge on any atom is -0.496 e. The van der Waals surface area contributed by atoms with E-state index in [1.165, 1.54) is 0 Å². The molecule has 3 nitrogen and oxygen atoms in total. The predicted molar refractivity (Wildman–Crippen MR) is 64.9 cm³/mol. The van der Waals surface area contributed by atoms with E-state index in [-0.39, 0.29) is 11.7 Å². The number of rotatable bonds is 5. The molecule has 0 saturated carbocycles. The van der Waals surface area contributed by atoms with Crippen molar-refractivity contribution in [1.29, 1.82) is 0 Å². The molecule has 88 valence electrons. The van der Waals surface area contributed by atoms with Crippen LogP contribution in [0.25, 0.3) is 0 Å². The highest BCUT2D eigenvalue weighted by atomic mass is 16.5. The lowest BCUT2D eigenvalue weighted by molar-refractivity contribution is 0.0966. The summed E-state index contributed by atoms with van der Waals surface area (Å²) >= 11 is 0. The number of ketones is 1. The highest BCUT2D eigenvalue weighted by Gasteiger charge is 2.11. The van der Waals surface area contributed by atoms with Gasteiger partial charge in [-0.15, -0.1) is 0 Å². The van der Waals surface area contributed by atoms with Crippen molar-refractivity contribution in [3.05, 3.63) is 29.3 Å². The Labute approximate surface area is 96.6 Å². The van der Waals surface area contributed by atoms with Crippen molar-refractivity contribution in [2.24, 2.45) is 11.7 Å². The maximum atomic E-state index is 11.9. The van der Waals surface area contributed by atoms with Crippen LogP contribution in [0.1, 0.15) is 29.3 Å². The van der Waals surface area contributed by atoms with Crippen LogP contribution in [-0.4, -0.2) is 19.4 Å². The predicted octanol–water partition coefficient (Wildman–Crippen LogP) is 2.17. The molecule has 1 aromatic carbocycles. The summed E-state index contributed by atoms with van der Waals surface area (Å²) in [5.41, 5.74) is 7.22. The molecule has 0 saturated heterocycles. The Morgan fingerprint density at radius 2 is 2.19 bits per heavy atom. The molecule has 16 heavy (non-hydrogen) atoms. The van der Waals surface area contributed by atoms with E-state index < -0.39 is 0 Å². The molecule has 0 fully saturated rings. The molecule has 2 N–H and O–H groups in total. The van der Waals surface area contributed by atoms with Gasteiger partial charge in [0.1, 0.15) is 5.75 Å². The van der Waals surface area contributed by atoms with Gasteiger partial charge in [0.25, 0.3) is 0 Å². The summed E-state index contributed by atoms with van der Waals surface area (Å²) in [4.78, 5) is 11.9. The van der Waals surface area contributed by atoms with Crippen LogP contribution in [0.15, 0.2) is 18.2 Å². The molecule has 3 heteroatoms. The maximum absolute atomic E-state index is 11.9. The van der Waals surface area contributed by atoms with Gasteiger partial charge in [0.05, 0.1) is 7.11 Å². The van der Waals surface area contributed by atoms with E-state index in [0.29, 0.717) is 13.0 Å². The van der Waals surface area contributed by atoms with Crippen molar-refractivity contribution in [3.63, 3.8) is 0 Å². The second kappa shape index (κ2) is 5.66. The number of methoxy groups -OCH3 is 1. The van der Waals surface area contributed by atoms with E-state index in [4.69, 9.17) is 10.5 Å². The maximum Gasteiger partial charge on any atom is 0.163 e. The van der Waals surface area contributed by atoms with Gasteiger partial charge in [0, 0.05) is 12.0 Å². The van der Waals surface area contributed by atoms with Gasteiger partial charge in [-0.25, -0.2) is 0 Å². The molecule has 0 aromatic heterocycles. The average molecular weight is 221 g/mol. The normalized spacial score (nSPS) is 12.2. The Kier molecular flexibility index (Phi) is 4.50. The van der Waals surface area contributed by atoms with Crippen molar-refractivity contribution in [2.75, 3.05) is 13.7 Å². The van der Waals surface area contributed by atoms with Crippen LogP contribution in [-0.2, 0) is 0 Å². The fourth-order valence-corrected chi connectivity index (χ4v) is 1.57. The molecule has 0 aliphatic heterocycles. The van der Waals surface area contributed by atoms with Gasteiger partial charge >= 0.3 is 0 Å². The second-order valence-corrected chi connectivity index (χ2v) is 4.15. The molecule has 1 aromatic rings. The summed E-state index contributed by atoms with van der Waals surface area (Å²) in [6, 6.07) is 5.50. The number of carbonyl (C=O) groups excluding carboxylic acids is 1. The fraction of sp³-hybridized carbons (Fsp3) is 0.462. The van der Waals surface area contributed by atoms with Gasteiger partial charge in [-0.1, -0.05) is 6.92 Å². The highest BCUT2D eigenvalue weighted by Crippen LogP contribution is 2.20. The molecule has 0 bridgehead atoms. The largest absolute Gasteiger partial charge is 0.496 e. The Morgan fingerprint density at radius 1 is 1.50 bits per heavy atom. The molecular weight excluding hydrogens is 202 g/mol. The van der Waals surface area contributed by atoms with E-state index in [0.717, 1.165) is 16.9 Å². The lowest BCUT2D eigenvalue weighted by Gasteiger charge is -2.09. The molecule has 0 amide bonds. The SMILES string of the molecule is COc1ccc(C(=O)CC(C)CN)cc1C. The van der Waals surface area contributed by atoms with Crippen molar-refractivity contribution in [3.8, 4) is 5.75 Å². The standard InChI is InChI=1S/C13H19NO2/c1-9(8-14)6-12(15)11-4-5-13(16-3)10(2)7-11/h4-5,7,9H,6,8,14H2,1-3H3. The molecule has 1 rings (SSSR count). The van der Waals surface area contributed by atoms with Gasteiger partial charge < -0.3 is 10.5 Å². The van der Waals surface area contributed by atoms with Crippen LogP contribution in [0.5, 0.6) is 5.75 Å². The third-order valence-electron chi connectivity index (χ3n) is 2.65. The number of aryl methyl sites for hydroxylation is 1. The Morgan fingerprint density at radius 3 is 2.69 bits per heavy atom. The first-order valence-electron chi connectivity index (χ1n) is 5.46. The Bertz CT molecular complexity index is 374. The number of Topliss-reactive ketones (excluding diaryl/α,β-unsaturated/α-hetero) is 1. The molecule has 0 aliphatic carbocycles. The third-order valence-corrected chi connectivity index (χ3v) is 2.65. The number of hydrogen-bond acceptors (Lipinski definition) is 3. The van der Waals surface area contributed by atoms with Gasteiger partial charge in [-0.2, -0.15) is 0 Å². The summed E-state index contributed by atoms with van der Waals surface area (Å²) in [5.74, 6) is 1.18. The number of ether oxygens (including phenoxy) is 1. The Balaban J connectivity index is 2.81. The highest BCUT2D eigenvalue weighted by molar-refractivity contribution is 5.96. The number of benzene rings is 1. The summed E-state index contributed by atoms with van der Waals surface area (Å²) in [6.07, 6.45) is 0.502. The van der Waals surface area contributed by atoms with E-state index >= 15 is 0 Å². The zero-order chi connectivity index (χ0) is 12.1. The summed E-state index contributed by atoms with van der Waals surface area (Å²) < 4.78 is 5.15. The van der Waals surface area contributed by atoms with Crippen molar-refractivity contribution >= 4 is 5.78 Å². The summed E-state index contributed by atoms with van der Waals surface area (Å²) in [6.45, 7) is 4.46. The van der Waals surface area contributed by atoms with Gasteiger partial charge in [-0.3, -0.25) is 4.79 Å². The van der Waals surface area contributed by atoms with Crippen molar-refractivity contribution in [1.82, 2.24) is 0 Å². The minimum atomic E-state index is 0.142. The zero-order valence-corrected chi connectivity index (χ0v) is 10.1. The first-order chi connectivity index (χ1) is 7.58. The van der Waals surface area contributed by atoms with Crippen LogP contribution >= 0.6 is 0 Å². The lowest BCUT2D eigenvalue weighted by atomic mass is 9.98. The second-order valence-electron chi connectivity index (χ2n) is 4.15. The van der Waals surface area contributed by atoms with E-state index in [2.05, 4.69) is 0 Å². The monoisotopic (exact) mass is 221 g/mol.